The molecule has 3 aliphatic heterocycles. The molecule has 7 rings (SSSR count). The summed E-state index contributed by atoms with van der Waals surface area (Å²) in [7, 11) is 1.57. The number of hydrogen-bond donors (Lipinski definition) is 1. The first-order valence-electron chi connectivity index (χ1n) is 12.6. The maximum atomic E-state index is 14.2. The topological polar surface area (TPSA) is 94.4 Å². The number of ether oxygens (including phenoxy) is 3. The van der Waals surface area contributed by atoms with E-state index in [1.54, 1.807) is 7.11 Å². The Kier molecular flexibility index (Phi) is 6.40. The zero-order chi connectivity index (χ0) is 26.2. The highest BCUT2D eigenvalue weighted by molar-refractivity contribution is 7.15. The van der Waals surface area contributed by atoms with E-state index in [4.69, 9.17) is 14.2 Å². The van der Waals surface area contributed by atoms with Gasteiger partial charge in [0.05, 0.1) is 25.5 Å². The van der Waals surface area contributed by atoms with Crippen LogP contribution in [0.15, 0.2) is 48.0 Å². The maximum absolute atomic E-state index is 14.2. The van der Waals surface area contributed by atoms with E-state index in [0.717, 1.165) is 21.7 Å². The van der Waals surface area contributed by atoms with Gasteiger partial charge in [-0.3, -0.25) is 14.0 Å². The van der Waals surface area contributed by atoms with Crippen LogP contribution in [0.4, 0.5) is 0 Å². The molecule has 0 saturated carbocycles. The van der Waals surface area contributed by atoms with Crippen LogP contribution in [0.25, 0.3) is 4.96 Å². The van der Waals surface area contributed by atoms with Crippen molar-refractivity contribution < 1.29 is 23.8 Å². The fourth-order valence-corrected chi connectivity index (χ4v) is 5.98. The zero-order valence-corrected chi connectivity index (χ0v) is 22.0. The molecule has 1 atom stereocenters. The Labute approximate surface area is 223 Å². The van der Waals surface area contributed by atoms with Gasteiger partial charge in [-0.05, 0) is 60.7 Å². The molecule has 2 amide bonds. The molecule has 6 bridgehead atoms. The van der Waals surface area contributed by atoms with Gasteiger partial charge in [0.15, 0.2) is 23.1 Å². The van der Waals surface area contributed by atoms with Crippen LogP contribution in [0.5, 0.6) is 17.2 Å². The Morgan fingerprint density at radius 1 is 1.24 bits per heavy atom. The van der Waals surface area contributed by atoms with E-state index in [9.17, 15) is 9.59 Å². The number of aryl methyl sites for hydroxylation is 1. The highest BCUT2D eigenvalue weighted by Gasteiger charge is 2.36. The number of fused-ring (bicyclic) bond motifs is 9. The van der Waals surface area contributed by atoms with E-state index in [1.165, 1.54) is 11.3 Å². The molecular formula is C28H28N4O5S. The second-order valence-corrected chi connectivity index (χ2v) is 10.2. The first kappa shape index (κ1) is 24.3. The van der Waals surface area contributed by atoms with Crippen LogP contribution in [0.1, 0.15) is 45.3 Å². The number of nitrogens with zero attached hydrogens (tertiary/aromatic N) is 3. The van der Waals surface area contributed by atoms with Crippen molar-refractivity contribution in [3.8, 4) is 17.2 Å². The molecule has 0 fully saturated rings. The number of hydrogen-bond acceptors (Lipinski definition) is 7. The maximum Gasteiger partial charge on any atom is 0.273 e. The summed E-state index contributed by atoms with van der Waals surface area (Å²) in [5.41, 5.74) is 4.21. The summed E-state index contributed by atoms with van der Waals surface area (Å²) >= 11 is 1.51. The number of imidazole rings is 1. The summed E-state index contributed by atoms with van der Waals surface area (Å²) in [5.74, 6) is 1.45. The molecule has 0 saturated heterocycles. The number of aromatic nitrogens is 2. The van der Waals surface area contributed by atoms with Gasteiger partial charge < -0.3 is 24.4 Å². The van der Waals surface area contributed by atoms with Gasteiger partial charge in [-0.25, -0.2) is 4.98 Å². The van der Waals surface area contributed by atoms with Gasteiger partial charge in [0.25, 0.3) is 11.8 Å². The molecule has 196 valence electrons. The molecular weight excluding hydrogens is 504 g/mol. The molecule has 1 N–H and O–H groups in total. The van der Waals surface area contributed by atoms with Crippen molar-refractivity contribution >= 4 is 28.1 Å². The predicted octanol–water partition coefficient (Wildman–Crippen LogP) is 3.78. The Balaban J connectivity index is 1.49. The van der Waals surface area contributed by atoms with Crippen LogP contribution in [0.3, 0.4) is 0 Å². The van der Waals surface area contributed by atoms with Crippen molar-refractivity contribution in [2.24, 2.45) is 0 Å². The Hall–Kier alpha value is -4.05. The number of amides is 2. The zero-order valence-electron chi connectivity index (χ0n) is 21.2. The SMILES string of the molecule is COc1cc2c3cc1OCC(=O)NCCCOc1cccc(c1)C2N(C(=O)c1c(C)nc2sccn12)CC3. The third-order valence-corrected chi connectivity index (χ3v) is 7.75. The summed E-state index contributed by atoms with van der Waals surface area (Å²) in [6.07, 6.45) is 3.18. The van der Waals surface area contributed by atoms with Crippen LogP contribution in [-0.4, -0.2) is 59.5 Å². The smallest absolute Gasteiger partial charge is 0.273 e. The predicted molar refractivity (Wildman–Crippen MR) is 142 cm³/mol. The minimum absolute atomic E-state index is 0.0826. The van der Waals surface area contributed by atoms with E-state index >= 15 is 0 Å². The van der Waals surface area contributed by atoms with Gasteiger partial charge in [-0.15, -0.1) is 11.3 Å². The van der Waals surface area contributed by atoms with Crippen molar-refractivity contribution in [2.45, 2.75) is 25.8 Å². The van der Waals surface area contributed by atoms with E-state index < -0.39 is 0 Å². The van der Waals surface area contributed by atoms with Crippen molar-refractivity contribution in [2.75, 3.05) is 33.4 Å². The number of thiazole rings is 1. The molecule has 38 heavy (non-hydrogen) atoms. The van der Waals surface area contributed by atoms with Gasteiger partial charge in [0.1, 0.15) is 11.4 Å². The van der Waals surface area contributed by atoms with Crippen molar-refractivity contribution in [1.29, 1.82) is 0 Å². The lowest BCUT2D eigenvalue weighted by Crippen LogP contribution is -2.41. The van der Waals surface area contributed by atoms with Crippen LogP contribution in [0.2, 0.25) is 0 Å². The summed E-state index contributed by atoms with van der Waals surface area (Å²) in [6, 6.07) is 11.4. The van der Waals surface area contributed by atoms with Gasteiger partial charge in [0, 0.05) is 24.7 Å². The number of carbonyl (C=O) groups excluding carboxylic acids is 2. The van der Waals surface area contributed by atoms with Crippen molar-refractivity contribution in [1.82, 2.24) is 19.6 Å². The molecule has 1 unspecified atom stereocenters. The standard InChI is InChI=1S/C28H28N4O5S/c1-17-25(32-10-12-38-28(32)30-17)27(34)31-9-7-18-14-23-22(35-2)15-21(18)26(31)19-5-3-6-20(13-19)36-11-4-8-29-24(33)16-37-23/h3,5-6,10,12-15,26H,4,7-9,11,16H2,1-2H3,(H,29,33). The van der Waals surface area contributed by atoms with E-state index in [-0.39, 0.29) is 24.5 Å². The summed E-state index contributed by atoms with van der Waals surface area (Å²) in [6.45, 7) is 3.21. The Morgan fingerprint density at radius 3 is 3.00 bits per heavy atom. The number of benzene rings is 2. The van der Waals surface area contributed by atoms with Crippen LogP contribution in [-0.2, 0) is 11.2 Å². The molecule has 4 aromatic rings. The summed E-state index contributed by atoms with van der Waals surface area (Å²) < 4.78 is 19.4. The molecule has 0 spiro atoms. The van der Waals surface area contributed by atoms with Crippen molar-refractivity contribution in [3.63, 3.8) is 0 Å². The quantitative estimate of drug-likeness (QED) is 0.422. The highest BCUT2D eigenvalue weighted by Crippen LogP contribution is 2.42. The average molecular weight is 533 g/mol. The minimum atomic E-state index is -0.377. The molecule has 5 heterocycles. The average Bonchev–Trinajstić information content (AvgIpc) is 3.49. The second-order valence-electron chi connectivity index (χ2n) is 9.37. The molecule has 2 aromatic carbocycles. The van der Waals surface area contributed by atoms with Crippen LogP contribution in [0, 0.1) is 6.92 Å². The molecule has 3 aliphatic rings. The number of rotatable bonds is 2. The fraction of sp³-hybridized carbons (Fsp3) is 0.321. The van der Waals surface area contributed by atoms with Gasteiger partial charge >= 0.3 is 0 Å². The third-order valence-electron chi connectivity index (χ3n) is 7.00. The number of methoxy groups -OCH3 is 1. The third kappa shape index (κ3) is 4.34. The monoisotopic (exact) mass is 532 g/mol. The Bertz CT molecular complexity index is 1530. The van der Waals surface area contributed by atoms with Gasteiger partial charge in [-0.1, -0.05) is 12.1 Å². The van der Waals surface area contributed by atoms with Gasteiger partial charge in [-0.2, -0.15) is 0 Å². The minimum Gasteiger partial charge on any atom is -0.494 e. The molecule has 0 aliphatic carbocycles. The second kappa shape index (κ2) is 10.0. The lowest BCUT2D eigenvalue weighted by Gasteiger charge is -2.38. The molecule has 10 heteroatoms. The highest BCUT2D eigenvalue weighted by atomic mass is 32.1. The number of carbonyl (C=O) groups is 2. The summed E-state index contributed by atoms with van der Waals surface area (Å²) in [4.78, 5) is 33.8. The Morgan fingerprint density at radius 2 is 2.13 bits per heavy atom. The largest absolute Gasteiger partial charge is 0.494 e. The van der Waals surface area contributed by atoms with Crippen molar-refractivity contribution in [3.05, 3.63) is 76.1 Å². The van der Waals surface area contributed by atoms with Gasteiger partial charge in [0.2, 0.25) is 0 Å². The van der Waals surface area contributed by atoms with E-state index in [1.807, 2.05) is 64.2 Å². The first-order valence-corrected chi connectivity index (χ1v) is 13.5. The molecule has 2 aromatic heterocycles. The molecule has 0 radical (unpaired) electrons. The number of nitrogens with one attached hydrogen (secondary N) is 1. The van der Waals surface area contributed by atoms with Crippen LogP contribution < -0.4 is 19.5 Å². The lowest BCUT2D eigenvalue weighted by molar-refractivity contribution is -0.123. The summed E-state index contributed by atoms with van der Waals surface area (Å²) in [5, 5.41) is 4.79. The van der Waals surface area contributed by atoms with E-state index in [0.29, 0.717) is 61.2 Å². The first-order chi connectivity index (χ1) is 18.5. The van der Waals surface area contributed by atoms with E-state index in [2.05, 4.69) is 10.3 Å². The molecule has 9 nitrogen and oxygen atoms in total. The van der Waals surface area contributed by atoms with Crippen LogP contribution >= 0.6 is 11.3 Å². The lowest BCUT2D eigenvalue weighted by atomic mass is 9.87. The fourth-order valence-electron chi connectivity index (χ4n) is 5.22. The normalized spacial score (nSPS) is 17.6.